The third-order valence-corrected chi connectivity index (χ3v) is 8.13. The fraction of sp³-hybridized carbons (Fsp3) is 0.500. The SMILES string of the molecule is COc1cc(/C=C(\C#N)c2nc(C34CC5CC(CC(C5)C3)C4)cs2)cc(OC)c1O. The summed E-state index contributed by atoms with van der Waals surface area (Å²) in [5, 5.41) is 22.9. The highest BCUT2D eigenvalue weighted by Crippen LogP contribution is 2.60. The zero-order valence-corrected chi connectivity index (χ0v) is 18.2. The van der Waals surface area contributed by atoms with Crippen LogP contribution in [0.15, 0.2) is 17.5 Å². The van der Waals surface area contributed by atoms with Crippen LogP contribution in [0, 0.1) is 29.1 Å². The van der Waals surface area contributed by atoms with E-state index in [9.17, 15) is 10.4 Å². The Labute approximate surface area is 181 Å². The molecule has 4 aliphatic rings. The zero-order valence-electron chi connectivity index (χ0n) is 17.4. The van der Waals surface area contributed by atoms with Crippen LogP contribution in [-0.2, 0) is 5.41 Å². The van der Waals surface area contributed by atoms with Gasteiger partial charge in [0.1, 0.15) is 11.1 Å². The van der Waals surface area contributed by atoms with Gasteiger partial charge in [0.15, 0.2) is 11.5 Å². The number of benzene rings is 1. The third kappa shape index (κ3) is 3.16. The minimum absolute atomic E-state index is 0.0472. The summed E-state index contributed by atoms with van der Waals surface area (Å²) in [6.07, 6.45) is 9.80. The molecule has 1 N–H and O–H groups in total. The summed E-state index contributed by atoms with van der Waals surface area (Å²) < 4.78 is 10.5. The molecule has 4 aliphatic carbocycles. The molecule has 6 rings (SSSR count). The number of aromatic nitrogens is 1. The molecule has 0 spiro atoms. The Morgan fingerprint density at radius 3 is 2.20 bits per heavy atom. The summed E-state index contributed by atoms with van der Waals surface area (Å²) in [4.78, 5) is 4.99. The number of ether oxygens (including phenoxy) is 2. The lowest BCUT2D eigenvalue weighted by Crippen LogP contribution is -2.48. The predicted octanol–water partition coefficient (Wildman–Crippen LogP) is 5.40. The number of rotatable bonds is 5. The highest BCUT2D eigenvalue weighted by molar-refractivity contribution is 7.11. The van der Waals surface area contributed by atoms with Crippen LogP contribution in [0.4, 0.5) is 0 Å². The predicted molar refractivity (Wildman–Crippen MR) is 117 cm³/mol. The summed E-state index contributed by atoms with van der Waals surface area (Å²) >= 11 is 1.56. The van der Waals surface area contributed by atoms with E-state index >= 15 is 0 Å². The minimum atomic E-state index is -0.0472. The summed E-state index contributed by atoms with van der Waals surface area (Å²) in [5.41, 5.74) is 2.67. The summed E-state index contributed by atoms with van der Waals surface area (Å²) in [5.74, 6) is 3.17. The average Bonchev–Trinajstić information content (AvgIpc) is 3.23. The van der Waals surface area contributed by atoms with Crippen molar-refractivity contribution in [1.29, 1.82) is 5.26 Å². The number of aromatic hydroxyl groups is 1. The van der Waals surface area contributed by atoms with E-state index in [1.54, 1.807) is 29.5 Å². The molecule has 0 radical (unpaired) electrons. The number of hydrogen-bond acceptors (Lipinski definition) is 6. The van der Waals surface area contributed by atoms with Crippen molar-refractivity contribution in [2.75, 3.05) is 14.2 Å². The zero-order chi connectivity index (χ0) is 20.9. The van der Waals surface area contributed by atoms with Gasteiger partial charge in [0.05, 0.1) is 25.5 Å². The molecule has 1 aromatic heterocycles. The topological polar surface area (TPSA) is 75.4 Å². The van der Waals surface area contributed by atoms with Gasteiger partial charge in [-0.3, -0.25) is 0 Å². The molecule has 2 aromatic rings. The third-order valence-electron chi connectivity index (χ3n) is 7.25. The van der Waals surface area contributed by atoms with Crippen molar-refractivity contribution < 1.29 is 14.6 Å². The first-order valence-electron chi connectivity index (χ1n) is 10.6. The highest BCUT2D eigenvalue weighted by atomic mass is 32.1. The van der Waals surface area contributed by atoms with Gasteiger partial charge in [0.2, 0.25) is 5.75 Å². The van der Waals surface area contributed by atoms with Gasteiger partial charge >= 0.3 is 0 Å². The largest absolute Gasteiger partial charge is 0.502 e. The molecule has 4 saturated carbocycles. The minimum Gasteiger partial charge on any atom is -0.502 e. The lowest BCUT2D eigenvalue weighted by molar-refractivity contribution is -0.00694. The second kappa shape index (κ2) is 7.31. The smallest absolute Gasteiger partial charge is 0.200 e. The molecule has 6 heteroatoms. The van der Waals surface area contributed by atoms with Crippen molar-refractivity contribution in [3.63, 3.8) is 0 Å². The number of methoxy groups -OCH3 is 2. The normalized spacial score (nSPS) is 29.6. The molecule has 0 aliphatic heterocycles. The van der Waals surface area contributed by atoms with Crippen LogP contribution < -0.4 is 9.47 Å². The molecular formula is C24H26N2O3S. The van der Waals surface area contributed by atoms with Crippen LogP contribution in [0.1, 0.15) is 54.8 Å². The number of nitrogens with zero attached hydrogens (tertiary/aromatic N) is 2. The molecule has 0 amide bonds. The van der Waals surface area contributed by atoms with E-state index in [2.05, 4.69) is 11.4 Å². The van der Waals surface area contributed by atoms with Crippen LogP contribution in [0.25, 0.3) is 11.6 Å². The molecule has 30 heavy (non-hydrogen) atoms. The van der Waals surface area contributed by atoms with Crippen LogP contribution in [-0.4, -0.2) is 24.3 Å². The Morgan fingerprint density at radius 1 is 1.13 bits per heavy atom. The van der Waals surface area contributed by atoms with Gasteiger partial charge in [-0.1, -0.05) is 0 Å². The molecule has 1 heterocycles. The summed E-state index contributed by atoms with van der Waals surface area (Å²) in [6.45, 7) is 0. The van der Waals surface area contributed by atoms with Crippen molar-refractivity contribution in [1.82, 2.24) is 4.98 Å². The summed E-state index contributed by atoms with van der Waals surface area (Å²) in [7, 11) is 2.98. The Morgan fingerprint density at radius 2 is 1.70 bits per heavy atom. The highest BCUT2D eigenvalue weighted by Gasteiger charge is 2.52. The standard InChI is InChI=1S/C24H26N2O3S/c1-28-19-7-14(8-20(29-2)22(19)27)6-18(12-25)23-26-21(13-30-23)24-9-15-3-16(10-24)5-17(4-15)11-24/h6-8,13,15-17,27H,3-5,9-11H2,1-2H3/b18-6+. The van der Waals surface area contributed by atoms with Crippen LogP contribution >= 0.6 is 11.3 Å². The molecule has 156 valence electrons. The first-order chi connectivity index (χ1) is 14.5. The van der Waals surface area contributed by atoms with Gasteiger partial charge in [-0.15, -0.1) is 11.3 Å². The molecule has 4 fully saturated rings. The molecule has 4 bridgehead atoms. The Hall–Kier alpha value is -2.52. The maximum atomic E-state index is 10.1. The van der Waals surface area contributed by atoms with Crippen molar-refractivity contribution in [3.05, 3.63) is 33.8 Å². The quantitative estimate of drug-likeness (QED) is 0.653. The molecule has 0 atom stereocenters. The molecule has 1 aromatic carbocycles. The number of phenolic OH excluding ortho intramolecular Hbond substituents is 1. The van der Waals surface area contributed by atoms with Gasteiger partial charge in [-0.25, -0.2) is 4.98 Å². The Bertz CT molecular complexity index is 989. The van der Waals surface area contributed by atoms with Crippen LogP contribution in [0.2, 0.25) is 0 Å². The molecular weight excluding hydrogens is 396 g/mol. The van der Waals surface area contributed by atoms with Gasteiger partial charge in [0, 0.05) is 10.8 Å². The van der Waals surface area contributed by atoms with Gasteiger partial charge < -0.3 is 14.6 Å². The number of hydrogen-bond donors (Lipinski definition) is 1. The second-order valence-corrected chi connectivity index (χ2v) is 10.0. The van der Waals surface area contributed by atoms with E-state index in [1.165, 1.54) is 58.4 Å². The van der Waals surface area contributed by atoms with E-state index in [1.807, 2.05) is 0 Å². The first kappa shape index (κ1) is 19.4. The van der Waals surface area contributed by atoms with E-state index < -0.39 is 0 Å². The van der Waals surface area contributed by atoms with Crippen molar-refractivity contribution >= 4 is 23.0 Å². The number of thiazole rings is 1. The van der Waals surface area contributed by atoms with Crippen LogP contribution in [0.5, 0.6) is 17.2 Å². The van der Waals surface area contributed by atoms with Gasteiger partial charge in [0.25, 0.3) is 0 Å². The van der Waals surface area contributed by atoms with E-state index in [0.717, 1.165) is 28.3 Å². The van der Waals surface area contributed by atoms with E-state index in [4.69, 9.17) is 14.5 Å². The van der Waals surface area contributed by atoms with Crippen molar-refractivity contribution in [2.45, 2.75) is 43.9 Å². The number of nitriles is 1. The fourth-order valence-corrected chi connectivity index (χ4v) is 7.28. The molecule has 0 unspecified atom stereocenters. The number of allylic oxidation sites excluding steroid dienone is 1. The average molecular weight is 423 g/mol. The second-order valence-electron chi connectivity index (χ2n) is 9.18. The van der Waals surface area contributed by atoms with Gasteiger partial charge in [-0.2, -0.15) is 5.26 Å². The summed E-state index contributed by atoms with van der Waals surface area (Å²) in [6, 6.07) is 5.70. The van der Waals surface area contributed by atoms with Crippen molar-refractivity contribution in [2.24, 2.45) is 17.8 Å². The van der Waals surface area contributed by atoms with E-state index in [0.29, 0.717) is 17.1 Å². The molecule has 0 saturated heterocycles. The lowest BCUT2D eigenvalue weighted by Gasteiger charge is -2.56. The maximum absolute atomic E-state index is 10.1. The molecule has 5 nitrogen and oxygen atoms in total. The Balaban J connectivity index is 1.48. The van der Waals surface area contributed by atoms with Gasteiger partial charge in [-0.05, 0) is 80.1 Å². The monoisotopic (exact) mass is 422 g/mol. The first-order valence-corrected chi connectivity index (χ1v) is 11.4. The van der Waals surface area contributed by atoms with Crippen LogP contribution in [0.3, 0.4) is 0 Å². The van der Waals surface area contributed by atoms with Crippen molar-refractivity contribution in [3.8, 4) is 23.3 Å². The van der Waals surface area contributed by atoms with E-state index in [-0.39, 0.29) is 11.2 Å². The number of phenols is 1. The fourth-order valence-electron chi connectivity index (χ4n) is 6.37. The Kier molecular flexibility index (Phi) is 4.74. The maximum Gasteiger partial charge on any atom is 0.200 e. The lowest BCUT2D eigenvalue weighted by atomic mass is 9.49.